The van der Waals surface area contributed by atoms with Gasteiger partial charge in [0.2, 0.25) is 0 Å². The summed E-state index contributed by atoms with van der Waals surface area (Å²) in [5.74, 6) is 0.149. The number of aryl methyl sites for hydroxylation is 1. The van der Waals surface area contributed by atoms with E-state index in [2.05, 4.69) is 49.9 Å². The van der Waals surface area contributed by atoms with Gasteiger partial charge in [0.05, 0.1) is 19.7 Å². The first-order valence-corrected chi connectivity index (χ1v) is 11.4. The van der Waals surface area contributed by atoms with E-state index in [-0.39, 0.29) is 12.2 Å². The molecule has 0 aromatic heterocycles. The summed E-state index contributed by atoms with van der Waals surface area (Å²) >= 11 is 5.65. The Hall–Kier alpha value is -3.14. The molecule has 3 rings (SSSR count). The van der Waals surface area contributed by atoms with Gasteiger partial charge < -0.3 is 10.1 Å². The van der Waals surface area contributed by atoms with Gasteiger partial charge in [0, 0.05) is 11.3 Å². The van der Waals surface area contributed by atoms with Crippen LogP contribution in [0.2, 0.25) is 0 Å². The molecule has 0 fully saturated rings. The Balaban J connectivity index is 1.79. The standard InChI is InChI=1S/C25H17BrIN3O2/c1-16-5-4-8-21(9-16)30-25(31)20(14-29)10-17-11-22(26)24(23(27)12-17)32-15-19-7-3-2-6-18(19)13-28/h2-12H,15H2,1H3,(H,30,31)/b20-10-. The molecule has 0 spiro atoms. The molecule has 0 aliphatic carbocycles. The maximum Gasteiger partial charge on any atom is 0.266 e. The van der Waals surface area contributed by atoms with Gasteiger partial charge in [0.1, 0.15) is 24.0 Å². The fourth-order valence-electron chi connectivity index (χ4n) is 2.94. The van der Waals surface area contributed by atoms with Crippen molar-refractivity contribution in [2.24, 2.45) is 0 Å². The molecule has 0 radical (unpaired) electrons. The third-order valence-corrected chi connectivity index (χ3v) is 5.87. The van der Waals surface area contributed by atoms with Crippen molar-refractivity contribution in [1.29, 1.82) is 10.5 Å². The van der Waals surface area contributed by atoms with Crippen LogP contribution < -0.4 is 10.1 Å². The molecule has 0 bridgehead atoms. The molecular weight excluding hydrogens is 581 g/mol. The van der Waals surface area contributed by atoms with Gasteiger partial charge in [0.15, 0.2) is 0 Å². The minimum absolute atomic E-state index is 0.00850. The predicted octanol–water partition coefficient (Wildman–Crippen LogP) is 6.36. The van der Waals surface area contributed by atoms with E-state index in [0.29, 0.717) is 27.0 Å². The van der Waals surface area contributed by atoms with E-state index < -0.39 is 5.91 Å². The van der Waals surface area contributed by atoms with E-state index >= 15 is 0 Å². The number of amides is 1. The molecule has 0 aliphatic heterocycles. The number of nitrogens with one attached hydrogen (secondary N) is 1. The van der Waals surface area contributed by atoms with Crippen molar-refractivity contribution >= 4 is 56.2 Å². The maximum atomic E-state index is 12.5. The molecule has 0 saturated heterocycles. The van der Waals surface area contributed by atoms with Crippen molar-refractivity contribution in [3.63, 3.8) is 0 Å². The summed E-state index contributed by atoms with van der Waals surface area (Å²) in [6, 6.07) is 22.4. The number of nitriles is 2. The lowest BCUT2D eigenvalue weighted by atomic mass is 10.1. The average molecular weight is 598 g/mol. The van der Waals surface area contributed by atoms with Crippen LogP contribution in [0.5, 0.6) is 5.75 Å². The van der Waals surface area contributed by atoms with Crippen LogP contribution in [0.15, 0.2) is 70.7 Å². The maximum absolute atomic E-state index is 12.5. The highest BCUT2D eigenvalue weighted by Crippen LogP contribution is 2.33. The van der Waals surface area contributed by atoms with E-state index in [9.17, 15) is 15.3 Å². The monoisotopic (exact) mass is 597 g/mol. The predicted molar refractivity (Wildman–Crippen MR) is 136 cm³/mol. The zero-order valence-electron chi connectivity index (χ0n) is 17.0. The van der Waals surface area contributed by atoms with E-state index in [1.54, 1.807) is 18.2 Å². The number of rotatable bonds is 6. The molecule has 3 aromatic rings. The lowest BCUT2D eigenvalue weighted by molar-refractivity contribution is -0.112. The number of anilines is 1. The Morgan fingerprint density at radius 1 is 1.16 bits per heavy atom. The molecule has 1 N–H and O–H groups in total. The zero-order valence-corrected chi connectivity index (χ0v) is 20.8. The molecule has 3 aromatic carbocycles. The van der Waals surface area contributed by atoms with Crippen LogP contribution in [0.3, 0.4) is 0 Å². The number of carbonyl (C=O) groups is 1. The molecule has 158 valence electrons. The molecule has 0 aliphatic rings. The van der Waals surface area contributed by atoms with Gasteiger partial charge >= 0.3 is 0 Å². The van der Waals surface area contributed by atoms with Crippen molar-refractivity contribution in [3.8, 4) is 17.9 Å². The second kappa shape index (κ2) is 10.9. The largest absolute Gasteiger partial charge is 0.487 e. The Labute approximate surface area is 208 Å². The summed E-state index contributed by atoms with van der Waals surface area (Å²) in [5.41, 5.74) is 3.68. The minimum Gasteiger partial charge on any atom is -0.487 e. The van der Waals surface area contributed by atoms with Crippen LogP contribution >= 0.6 is 38.5 Å². The minimum atomic E-state index is -0.474. The summed E-state index contributed by atoms with van der Waals surface area (Å²) in [6.45, 7) is 2.18. The number of ether oxygens (including phenoxy) is 1. The van der Waals surface area contributed by atoms with Gasteiger partial charge in [-0.2, -0.15) is 10.5 Å². The molecule has 1 amide bonds. The first-order valence-electron chi connectivity index (χ1n) is 9.51. The van der Waals surface area contributed by atoms with Crippen molar-refractivity contribution < 1.29 is 9.53 Å². The first-order chi connectivity index (χ1) is 15.4. The van der Waals surface area contributed by atoms with Crippen molar-refractivity contribution in [1.82, 2.24) is 0 Å². The third-order valence-electron chi connectivity index (χ3n) is 4.48. The zero-order chi connectivity index (χ0) is 23.1. The lowest BCUT2D eigenvalue weighted by Crippen LogP contribution is -2.13. The van der Waals surface area contributed by atoms with Crippen molar-refractivity contribution in [3.05, 3.63) is 96.5 Å². The van der Waals surface area contributed by atoms with Gasteiger partial charge in [-0.1, -0.05) is 30.3 Å². The molecule has 0 saturated carbocycles. The normalized spacial score (nSPS) is 10.7. The highest BCUT2D eigenvalue weighted by atomic mass is 127. The average Bonchev–Trinajstić information content (AvgIpc) is 2.77. The van der Waals surface area contributed by atoms with Crippen molar-refractivity contribution in [2.75, 3.05) is 5.32 Å². The van der Waals surface area contributed by atoms with Gasteiger partial charge in [-0.15, -0.1) is 0 Å². The third kappa shape index (κ3) is 5.97. The van der Waals surface area contributed by atoms with E-state index in [0.717, 1.165) is 14.7 Å². The van der Waals surface area contributed by atoms with Crippen LogP contribution in [0.25, 0.3) is 6.08 Å². The summed E-state index contributed by atoms with van der Waals surface area (Å²) in [4.78, 5) is 12.5. The van der Waals surface area contributed by atoms with E-state index in [1.165, 1.54) is 6.08 Å². The molecule has 5 nitrogen and oxygen atoms in total. The van der Waals surface area contributed by atoms with Crippen LogP contribution in [-0.4, -0.2) is 5.91 Å². The second-order valence-corrected chi connectivity index (χ2v) is 8.88. The number of carbonyl (C=O) groups excluding carboxylic acids is 1. The van der Waals surface area contributed by atoms with E-state index in [4.69, 9.17) is 4.74 Å². The fourth-order valence-corrected chi connectivity index (χ4v) is 4.71. The van der Waals surface area contributed by atoms with Crippen molar-refractivity contribution in [2.45, 2.75) is 13.5 Å². The SMILES string of the molecule is Cc1cccc(NC(=O)/C(C#N)=C\c2cc(Br)c(OCc3ccccc3C#N)c(I)c2)c1. The molecule has 7 heteroatoms. The van der Waals surface area contributed by atoms with E-state index in [1.807, 2.05) is 55.5 Å². The molecule has 0 heterocycles. The molecule has 0 unspecified atom stereocenters. The number of nitrogens with zero attached hydrogens (tertiary/aromatic N) is 2. The van der Waals surface area contributed by atoms with Crippen LogP contribution in [0.1, 0.15) is 22.3 Å². The quantitative estimate of drug-likeness (QED) is 0.204. The van der Waals surface area contributed by atoms with Gasteiger partial charge in [-0.05, 0) is 93.0 Å². The van der Waals surface area contributed by atoms with Crippen LogP contribution in [-0.2, 0) is 11.4 Å². The van der Waals surface area contributed by atoms with Gasteiger partial charge in [-0.25, -0.2) is 0 Å². The number of hydrogen-bond acceptors (Lipinski definition) is 4. The van der Waals surface area contributed by atoms with Gasteiger partial charge in [0.25, 0.3) is 5.91 Å². The topological polar surface area (TPSA) is 85.9 Å². The fraction of sp³-hybridized carbons (Fsp3) is 0.0800. The van der Waals surface area contributed by atoms with Crippen LogP contribution in [0.4, 0.5) is 5.69 Å². The summed E-state index contributed by atoms with van der Waals surface area (Å²) in [7, 11) is 0. The summed E-state index contributed by atoms with van der Waals surface area (Å²) in [5, 5.41) is 21.5. The number of hydrogen-bond donors (Lipinski definition) is 1. The lowest BCUT2D eigenvalue weighted by Gasteiger charge is -2.12. The van der Waals surface area contributed by atoms with Gasteiger partial charge in [-0.3, -0.25) is 4.79 Å². The van der Waals surface area contributed by atoms with Crippen LogP contribution in [0, 0.1) is 33.2 Å². The molecule has 32 heavy (non-hydrogen) atoms. The Kier molecular flexibility index (Phi) is 8.04. The smallest absolute Gasteiger partial charge is 0.266 e. The Bertz CT molecular complexity index is 1270. The Morgan fingerprint density at radius 3 is 2.62 bits per heavy atom. The second-order valence-electron chi connectivity index (χ2n) is 6.86. The number of benzene rings is 3. The highest BCUT2D eigenvalue weighted by Gasteiger charge is 2.13. The summed E-state index contributed by atoms with van der Waals surface area (Å²) < 4.78 is 7.43. The highest BCUT2D eigenvalue weighted by molar-refractivity contribution is 14.1. The first kappa shape index (κ1) is 23.5. The molecular formula is C25H17BrIN3O2. The Morgan fingerprint density at radius 2 is 1.94 bits per heavy atom. The summed E-state index contributed by atoms with van der Waals surface area (Å²) in [6.07, 6.45) is 1.53. The number of halogens is 2. The molecule has 0 atom stereocenters.